The molecule has 0 N–H and O–H groups in total. The molecule has 0 atom stereocenters. The summed E-state index contributed by atoms with van der Waals surface area (Å²) in [4.78, 5) is 11.6. The van der Waals surface area contributed by atoms with Crippen molar-refractivity contribution in [3.63, 3.8) is 0 Å². The summed E-state index contributed by atoms with van der Waals surface area (Å²) in [6.45, 7) is 1.90. The smallest absolute Gasteiger partial charge is 0.159 e. The Balaban J connectivity index is 1.60. The van der Waals surface area contributed by atoms with Gasteiger partial charge in [-0.3, -0.25) is 4.79 Å². The SMILES string of the molecule is COc1ccc(C(C)=O)cc1COc1ccc2oc3c(c2c1)CCCC3. The van der Waals surface area contributed by atoms with Crippen molar-refractivity contribution in [3.8, 4) is 11.5 Å². The number of carbonyl (C=O) groups is 1. The molecule has 0 spiro atoms. The molecule has 1 heterocycles. The number of aryl methyl sites for hydroxylation is 2. The van der Waals surface area contributed by atoms with Crippen LogP contribution >= 0.6 is 0 Å². The van der Waals surface area contributed by atoms with Crippen LogP contribution in [0.2, 0.25) is 0 Å². The van der Waals surface area contributed by atoms with Crippen molar-refractivity contribution in [1.82, 2.24) is 0 Å². The van der Waals surface area contributed by atoms with Gasteiger partial charge in [-0.05, 0) is 62.6 Å². The van der Waals surface area contributed by atoms with E-state index in [1.165, 1.54) is 18.4 Å². The highest BCUT2D eigenvalue weighted by Gasteiger charge is 2.18. The van der Waals surface area contributed by atoms with E-state index in [1.54, 1.807) is 20.1 Å². The topological polar surface area (TPSA) is 48.7 Å². The van der Waals surface area contributed by atoms with Crippen molar-refractivity contribution in [2.24, 2.45) is 0 Å². The highest BCUT2D eigenvalue weighted by atomic mass is 16.5. The van der Waals surface area contributed by atoms with E-state index in [2.05, 4.69) is 6.07 Å². The first-order chi connectivity index (χ1) is 12.7. The lowest BCUT2D eigenvalue weighted by molar-refractivity contribution is 0.101. The fourth-order valence-electron chi connectivity index (χ4n) is 3.60. The van der Waals surface area contributed by atoms with Gasteiger partial charge in [0.2, 0.25) is 0 Å². The van der Waals surface area contributed by atoms with Gasteiger partial charge in [-0.25, -0.2) is 0 Å². The van der Waals surface area contributed by atoms with Crippen LogP contribution in [0, 0.1) is 0 Å². The van der Waals surface area contributed by atoms with E-state index in [1.807, 2.05) is 24.3 Å². The second-order valence-corrected chi connectivity index (χ2v) is 6.74. The highest BCUT2D eigenvalue weighted by molar-refractivity contribution is 5.94. The Morgan fingerprint density at radius 2 is 1.96 bits per heavy atom. The summed E-state index contributed by atoms with van der Waals surface area (Å²) < 4.78 is 17.4. The zero-order valence-electron chi connectivity index (χ0n) is 15.1. The third kappa shape index (κ3) is 3.07. The van der Waals surface area contributed by atoms with Crippen molar-refractivity contribution in [2.45, 2.75) is 39.2 Å². The Morgan fingerprint density at radius 3 is 2.77 bits per heavy atom. The van der Waals surface area contributed by atoms with Crippen LogP contribution in [-0.4, -0.2) is 12.9 Å². The van der Waals surface area contributed by atoms with Gasteiger partial charge >= 0.3 is 0 Å². The molecule has 0 unspecified atom stereocenters. The molecule has 1 aliphatic carbocycles. The number of benzene rings is 2. The summed E-state index contributed by atoms with van der Waals surface area (Å²) in [6, 6.07) is 11.4. The lowest BCUT2D eigenvalue weighted by Crippen LogP contribution is -2.02. The molecule has 0 aliphatic heterocycles. The second-order valence-electron chi connectivity index (χ2n) is 6.74. The summed E-state index contributed by atoms with van der Waals surface area (Å²) in [5.74, 6) is 2.67. The van der Waals surface area contributed by atoms with Crippen molar-refractivity contribution in [3.05, 3.63) is 58.8 Å². The minimum atomic E-state index is 0.0281. The van der Waals surface area contributed by atoms with Crippen molar-refractivity contribution >= 4 is 16.8 Å². The maximum Gasteiger partial charge on any atom is 0.159 e. The van der Waals surface area contributed by atoms with Gasteiger partial charge in [0.15, 0.2) is 5.78 Å². The number of methoxy groups -OCH3 is 1. The van der Waals surface area contributed by atoms with Gasteiger partial charge in [-0.15, -0.1) is 0 Å². The number of rotatable bonds is 5. The standard InChI is InChI=1S/C22H22O4/c1-14(23)15-7-9-20(24-2)16(11-15)13-25-17-8-10-22-19(12-17)18-5-3-4-6-21(18)26-22/h7-12H,3-6,13H2,1-2H3. The molecule has 0 fully saturated rings. The molecule has 1 aromatic heterocycles. The van der Waals surface area contributed by atoms with Crippen LogP contribution in [0.1, 0.15) is 47.0 Å². The van der Waals surface area contributed by atoms with Gasteiger partial charge < -0.3 is 13.9 Å². The van der Waals surface area contributed by atoms with Crippen LogP contribution in [0.15, 0.2) is 40.8 Å². The van der Waals surface area contributed by atoms with Gasteiger partial charge in [-0.1, -0.05) is 0 Å². The van der Waals surface area contributed by atoms with Crippen LogP contribution in [0.5, 0.6) is 11.5 Å². The molecule has 2 aromatic carbocycles. The molecule has 3 aromatic rings. The van der Waals surface area contributed by atoms with Crippen LogP contribution in [-0.2, 0) is 19.4 Å². The van der Waals surface area contributed by atoms with E-state index >= 15 is 0 Å². The average molecular weight is 350 g/mol. The minimum absolute atomic E-state index is 0.0281. The average Bonchev–Trinajstić information content (AvgIpc) is 3.04. The Bertz CT molecular complexity index is 968. The first kappa shape index (κ1) is 16.7. The third-order valence-electron chi connectivity index (χ3n) is 5.01. The third-order valence-corrected chi connectivity index (χ3v) is 5.01. The van der Waals surface area contributed by atoms with E-state index in [-0.39, 0.29) is 5.78 Å². The summed E-state index contributed by atoms with van der Waals surface area (Å²) in [6.07, 6.45) is 4.50. The van der Waals surface area contributed by atoms with Crippen molar-refractivity contribution in [1.29, 1.82) is 0 Å². The largest absolute Gasteiger partial charge is 0.496 e. The van der Waals surface area contributed by atoms with E-state index in [4.69, 9.17) is 13.9 Å². The summed E-state index contributed by atoms with van der Waals surface area (Å²) in [5.41, 5.74) is 3.77. The molecule has 4 rings (SSSR count). The number of furan rings is 1. The van der Waals surface area contributed by atoms with Crippen LogP contribution < -0.4 is 9.47 Å². The number of fused-ring (bicyclic) bond motifs is 3. The van der Waals surface area contributed by atoms with Gasteiger partial charge in [0, 0.05) is 28.5 Å². The predicted octanol–water partition coefficient (Wildman–Crippen LogP) is 5.10. The van der Waals surface area contributed by atoms with Crippen LogP contribution in [0.4, 0.5) is 0 Å². The molecule has 26 heavy (non-hydrogen) atoms. The molecule has 1 aliphatic rings. The van der Waals surface area contributed by atoms with Crippen molar-refractivity contribution in [2.75, 3.05) is 7.11 Å². The van der Waals surface area contributed by atoms with E-state index in [0.717, 1.165) is 46.6 Å². The van der Waals surface area contributed by atoms with Gasteiger partial charge in [0.1, 0.15) is 29.4 Å². The Hall–Kier alpha value is -2.75. The molecule has 0 amide bonds. The fourth-order valence-corrected chi connectivity index (χ4v) is 3.60. The molecule has 0 saturated carbocycles. The second kappa shape index (κ2) is 6.87. The van der Waals surface area contributed by atoms with Crippen LogP contribution in [0.3, 0.4) is 0 Å². The Labute approximate surface area is 152 Å². The van der Waals surface area contributed by atoms with E-state index in [0.29, 0.717) is 12.2 Å². The Morgan fingerprint density at radius 1 is 1.12 bits per heavy atom. The monoisotopic (exact) mass is 350 g/mol. The number of hydrogen-bond acceptors (Lipinski definition) is 4. The van der Waals surface area contributed by atoms with Gasteiger partial charge in [0.25, 0.3) is 0 Å². The minimum Gasteiger partial charge on any atom is -0.496 e. The summed E-state index contributed by atoms with van der Waals surface area (Å²) in [5, 5.41) is 1.15. The lowest BCUT2D eigenvalue weighted by Gasteiger charge is -2.12. The quantitative estimate of drug-likeness (QED) is 0.601. The number of hydrogen-bond donors (Lipinski definition) is 0. The molecule has 4 nitrogen and oxygen atoms in total. The molecule has 0 saturated heterocycles. The van der Waals surface area contributed by atoms with Crippen molar-refractivity contribution < 1.29 is 18.7 Å². The first-order valence-corrected chi connectivity index (χ1v) is 9.00. The highest BCUT2D eigenvalue weighted by Crippen LogP contribution is 2.34. The molecular weight excluding hydrogens is 328 g/mol. The molecular formula is C22H22O4. The normalized spacial score (nSPS) is 13.5. The first-order valence-electron chi connectivity index (χ1n) is 9.00. The number of ether oxygens (including phenoxy) is 2. The summed E-state index contributed by atoms with van der Waals surface area (Å²) >= 11 is 0. The molecule has 134 valence electrons. The number of carbonyl (C=O) groups excluding carboxylic acids is 1. The maximum atomic E-state index is 11.6. The van der Waals surface area contributed by atoms with Crippen LogP contribution in [0.25, 0.3) is 11.0 Å². The lowest BCUT2D eigenvalue weighted by atomic mass is 9.96. The number of ketones is 1. The maximum absolute atomic E-state index is 11.6. The number of Topliss-reactive ketones (excluding diaryl/α,β-unsaturated/α-hetero) is 1. The van der Waals surface area contributed by atoms with E-state index in [9.17, 15) is 4.79 Å². The zero-order valence-corrected chi connectivity index (χ0v) is 15.1. The predicted molar refractivity (Wildman–Crippen MR) is 100 cm³/mol. The fraction of sp³-hybridized carbons (Fsp3) is 0.318. The zero-order chi connectivity index (χ0) is 18.1. The van der Waals surface area contributed by atoms with E-state index < -0.39 is 0 Å². The molecule has 0 radical (unpaired) electrons. The summed E-state index contributed by atoms with van der Waals surface area (Å²) in [7, 11) is 1.62. The Kier molecular flexibility index (Phi) is 4.41. The molecule has 0 bridgehead atoms. The molecule has 4 heteroatoms. The van der Waals surface area contributed by atoms with Gasteiger partial charge in [-0.2, -0.15) is 0 Å². The van der Waals surface area contributed by atoms with Gasteiger partial charge in [0.05, 0.1) is 7.11 Å².